The van der Waals surface area contributed by atoms with Crippen LogP contribution in [0.15, 0.2) is 53.3 Å². The fraction of sp³-hybridized carbons (Fsp3) is 0.367. The summed E-state index contributed by atoms with van der Waals surface area (Å²) in [6.45, 7) is 0.764. The molecular formula is C30H33N3O7. The number of primary amides is 1. The molecule has 40 heavy (non-hydrogen) atoms. The number of benzene rings is 2. The number of Topliss-reactive ketones (excluding diaryl/α,β-unsaturated/α-hetero) is 2. The van der Waals surface area contributed by atoms with Crippen LogP contribution in [0.1, 0.15) is 23.1 Å². The number of carbonyl (C=O) groups is 3. The summed E-state index contributed by atoms with van der Waals surface area (Å²) in [5, 5.41) is 44.9. The van der Waals surface area contributed by atoms with Crippen molar-refractivity contribution in [2.75, 3.05) is 28.2 Å². The summed E-state index contributed by atoms with van der Waals surface area (Å²) in [4.78, 5) is 42.8. The Labute approximate surface area is 231 Å². The van der Waals surface area contributed by atoms with Crippen molar-refractivity contribution in [3.05, 3.63) is 70.0 Å². The fourth-order valence-electron chi connectivity index (χ4n) is 6.67. The van der Waals surface area contributed by atoms with Crippen LogP contribution in [0.25, 0.3) is 16.9 Å². The van der Waals surface area contributed by atoms with Crippen molar-refractivity contribution in [3.63, 3.8) is 0 Å². The number of rotatable bonds is 5. The minimum Gasteiger partial charge on any atom is -0.508 e. The summed E-state index contributed by atoms with van der Waals surface area (Å²) < 4.78 is 0. The zero-order valence-corrected chi connectivity index (χ0v) is 22.8. The zero-order valence-electron chi connectivity index (χ0n) is 22.8. The molecular weight excluding hydrogens is 514 g/mol. The molecule has 2 aromatic carbocycles. The Morgan fingerprint density at radius 3 is 2.25 bits per heavy atom. The van der Waals surface area contributed by atoms with Crippen LogP contribution in [0.4, 0.5) is 0 Å². The normalized spacial score (nSPS) is 26.2. The van der Waals surface area contributed by atoms with Gasteiger partial charge in [0, 0.05) is 18.0 Å². The second-order valence-electron chi connectivity index (χ2n) is 11.4. The second kappa shape index (κ2) is 9.58. The zero-order chi connectivity index (χ0) is 29.3. The third-order valence-corrected chi connectivity index (χ3v) is 8.37. The minimum atomic E-state index is -2.65. The number of fused-ring (bicyclic) bond motifs is 3. The SMILES string of the molecule is CN(C)Cc1ccc(-c2ccc(O)c3c2C[C@@H]2C[C@@H]4[C@@H](N(C)C)C(=O)C(C(N)=O)=C(O)[C@]4(O)C(=O)C2=C3O)cc1. The molecule has 0 aliphatic heterocycles. The number of nitrogens with zero attached hydrogens (tertiary/aromatic N) is 2. The predicted molar refractivity (Wildman–Crippen MR) is 147 cm³/mol. The lowest BCUT2D eigenvalue weighted by molar-refractivity contribution is -0.153. The van der Waals surface area contributed by atoms with Crippen LogP contribution in [0.3, 0.4) is 0 Å². The van der Waals surface area contributed by atoms with Gasteiger partial charge in [-0.25, -0.2) is 0 Å². The Bertz CT molecular complexity index is 1510. The Morgan fingerprint density at radius 2 is 1.68 bits per heavy atom. The van der Waals surface area contributed by atoms with Crippen molar-refractivity contribution in [2.24, 2.45) is 17.6 Å². The third kappa shape index (κ3) is 3.94. The van der Waals surface area contributed by atoms with Crippen LogP contribution in [0.5, 0.6) is 5.75 Å². The van der Waals surface area contributed by atoms with Crippen molar-refractivity contribution < 1.29 is 34.8 Å². The molecule has 0 bridgehead atoms. The molecule has 2 aromatic rings. The first-order valence-corrected chi connectivity index (χ1v) is 13.0. The maximum atomic E-state index is 14.0. The molecule has 1 fully saturated rings. The van der Waals surface area contributed by atoms with Gasteiger partial charge in [0.25, 0.3) is 5.91 Å². The molecule has 0 radical (unpaired) electrons. The lowest BCUT2D eigenvalue weighted by Crippen LogP contribution is -2.65. The molecule has 3 aliphatic carbocycles. The van der Waals surface area contributed by atoms with E-state index in [1.165, 1.54) is 11.0 Å². The van der Waals surface area contributed by atoms with Crippen LogP contribution in [0.2, 0.25) is 0 Å². The lowest BCUT2D eigenvalue weighted by Gasteiger charge is -2.50. The highest BCUT2D eigenvalue weighted by atomic mass is 16.3. The van der Waals surface area contributed by atoms with Gasteiger partial charge in [0.2, 0.25) is 5.78 Å². The Hall–Kier alpha value is -3.99. The summed E-state index contributed by atoms with van der Waals surface area (Å²) in [5.41, 5.74) is 5.17. The van der Waals surface area contributed by atoms with Crippen molar-refractivity contribution in [1.82, 2.24) is 9.80 Å². The number of aliphatic hydroxyl groups excluding tert-OH is 2. The molecule has 1 amide bonds. The first kappa shape index (κ1) is 27.6. The molecule has 4 atom stereocenters. The lowest BCUT2D eigenvalue weighted by atomic mass is 9.57. The number of ketones is 2. The van der Waals surface area contributed by atoms with Gasteiger partial charge >= 0.3 is 0 Å². The minimum absolute atomic E-state index is 0.0443. The quantitative estimate of drug-likeness (QED) is 0.350. The smallest absolute Gasteiger partial charge is 0.255 e. The van der Waals surface area contributed by atoms with Crippen molar-refractivity contribution in [2.45, 2.75) is 31.0 Å². The van der Waals surface area contributed by atoms with Gasteiger partial charge in [0.1, 0.15) is 22.8 Å². The standard InChI is InChI=1S/C30H33N3O7/c1-32(2)13-14-5-7-15(8-6-14)17-9-10-20(34)22-18(17)11-16-12-19-24(33(3)4)26(36)23(29(31)39)28(38)30(19,40)27(37)21(16)25(22)35/h5-10,16,19,24,34-35,38,40H,11-13H2,1-4H3,(H2,31,39)/t16-,19-,24-,30-/m1/s1. The highest BCUT2D eigenvalue weighted by molar-refractivity contribution is 6.24. The average molecular weight is 548 g/mol. The van der Waals surface area contributed by atoms with Crippen LogP contribution in [0, 0.1) is 11.8 Å². The molecule has 6 N–H and O–H groups in total. The van der Waals surface area contributed by atoms with E-state index in [0.29, 0.717) is 5.56 Å². The predicted octanol–water partition coefficient (Wildman–Crippen LogP) is 1.69. The third-order valence-electron chi connectivity index (χ3n) is 8.37. The summed E-state index contributed by atoms with van der Waals surface area (Å²) in [7, 11) is 7.11. The van der Waals surface area contributed by atoms with Crippen molar-refractivity contribution >= 4 is 23.2 Å². The molecule has 210 valence electrons. The monoisotopic (exact) mass is 547 g/mol. The fourth-order valence-corrected chi connectivity index (χ4v) is 6.67. The van der Waals surface area contributed by atoms with Crippen molar-refractivity contribution in [3.8, 4) is 16.9 Å². The van der Waals surface area contributed by atoms with E-state index >= 15 is 0 Å². The maximum absolute atomic E-state index is 14.0. The van der Waals surface area contributed by atoms with E-state index in [-0.39, 0.29) is 29.7 Å². The summed E-state index contributed by atoms with van der Waals surface area (Å²) in [6, 6.07) is 10.0. The first-order valence-electron chi connectivity index (χ1n) is 13.0. The maximum Gasteiger partial charge on any atom is 0.255 e. The van der Waals surface area contributed by atoms with Crippen LogP contribution < -0.4 is 5.73 Å². The Kier molecular flexibility index (Phi) is 6.60. The van der Waals surface area contributed by atoms with E-state index in [0.717, 1.165) is 23.2 Å². The van der Waals surface area contributed by atoms with Crippen LogP contribution >= 0.6 is 0 Å². The number of amides is 1. The number of aromatic hydroxyl groups is 1. The average Bonchev–Trinajstić information content (AvgIpc) is 2.86. The van der Waals surface area contributed by atoms with Crippen LogP contribution in [-0.4, -0.2) is 87.5 Å². The molecule has 0 heterocycles. The van der Waals surface area contributed by atoms with E-state index in [1.807, 2.05) is 38.4 Å². The van der Waals surface area contributed by atoms with Gasteiger partial charge in [-0.2, -0.15) is 0 Å². The van der Waals surface area contributed by atoms with E-state index in [1.54, 1.807) is 20.2 Å². The number of phenols is 1. The molecule has 0 unspecified atom stereocenters. The molecule has 5 rings (SSSR count). The highest BCUT2D eigenvalue weighted by Crippen LogP contribution is 2.53. The number of likely N-dealkylation sites (N-methyl/N-ethyl adjacent to an activating group) is 1. The van der Waals surface area contributed by atoms with Crippen molar-refractivity contribution in [1.29, 1.82) is 0 Å². The first-order chi connectivity index (χ1) is 18.8. The van der Waals surface area contributed by atoms with Gasteiger partial charge in [-0.3, -0.25) is 19.3 Å². The van der Waals surface area contributed by atoms with E-state index in [4.69, 9.17) is 5.73 Å². The van der Waals surface area contributed by atoms with Gasteiger partial charge in [-0.15, -0.1) is 0 Å². The molecule has 1 saturated carbocycles. The highest BCUT2D eigenvalue weighted by Gasteiger charge is 2.64. The number of nitrogens with two attached hydrogens (primary N) is 1. The molecule has 3 aliphatic rings. The summed E-state index contributed by atoms with van der Waals surface area (Å²) >= 11 is 0. The second-order valence-corrected chi connectivity index (χ2v) is 11.4. The van der Waals surface area contributed by atoms with Crippen LogP contribution in [-0.2, 0) is 27.3 Å². The van der Waals surface area contributed by atoms with Gasteiger partial charge in [0.05, 0.1) is 11.6 Å². The number of hydrogen-bond acceptors (Lipinski definition) is 9. The van der Waals surface area contributed by atoms with Gasteiger partial charge in [-0.05, 0) is 75.3 Å². The largest absolute Gasteiger partial charge is 0.508 e. The number of carbonyl (C=O) groups excluding carboxylic acids is 3. The molecule has 0 aromatic heterocycles. The molecule has 10 heteroatoms. The number of phenolic OH excluding ortho intramolecular Hbond substituents is 1. The van der Waals surface area contributed by atoms with E-state index in [2.05, 4.69) is 4.90 Å². The van der Waals surface area contributed by atoms with Gasteiger partial charge < -0.3 is 31.1 Å². The molecule has 0 spiro atoms. The molecule has 10 nitrogen and oxygen atoms in total. The molecule has 0 saturated heterocycles. The van der Waals surface area contributed by atoms with Gasteiger partial charge in [-0.1, -0.05) is 30.3 Å². The topological polar surface area (TPSA) is 165 Å². The van der Waals surface area contributed by atoms with Gasteiger partial charge in [0.15, 0.2) is 11.4 Å². The number of aliphatic hydroxyl groups is 3. The Balaban J connectivity index is 1.67. The summed E-state index contributed by atoms with van der Waals surface area (Å²) in [6.07, 6.45) is 0.278. The Morgan fingerprint density at radius 1 is 1.02 bits per heavy atom. The number of hydrogen-bond donors (Lipinski definition) is 5. The van der Waals surface area contributed by atoms with E-state index < -0.39 is 58.0 Å². The van der Waals surface area contributed by atoms with E-state index in [9.17, 15) is 34.8 Å². The summed E-state index contributed by atoms with van der Waals surface area (Å²) in [5.74, 6) is -6.64.